The van der Waals surface area contributed by atoms with E-state index >= 15 is 0 Å². The fourth-order valence-corrected chi connectivity index (χ4v) is 2.67. The van der Waals surface area contributed by atoms with Crippen LogP contribution in [0.3, 0.4) is 0 Å². The molecule has 0 spiro atoms. The minimum absolute atomic E-state index is 0.101. The second kappa shape index (κ2) is 6.70. The molecule has 2 rings (SSSR count). The van der Waals surface area contributed by atoms with Crippen molar-refractivity contribution in [3.05, 3.63) is 63.6 Å². The van der Waals surface area contributed by atoms with Crippen LogP contribution < -0.4 is 0 Å². The van der Waals surface area contributed by atoms with Crippen molar-refractivity contribution in [1.29, 1.82) is 0 Å². The maximum atomic E-state index is 13.9. The average Bonchev–Trinajstić information content (AvgIpc) is 2.47. The molecule has 1 nitrogen and oxygen atoms in total. The zero-order chi connectivity index (χ0) is 14.7. The van der Waals surface area contributed by atoms with Gasteiger partial charge in [-0.1, -0.05) is 12.1 Å². The fourth-order valence-electron chi connectivity index (χ4n) is 1.89. The number of thioether (sulfide) groups is 1. The Labute approximate surface area is 129 Å². The minimum Gasteiger partial charge on any atom is -0.388 e. The van der Waals surface area contributed by atoms with E-state index in [0.29, 0.717) is 5.56 Å². The molecule has 20 heavy (non-hydrogen) atoms. The van der Waals surface area contributed by atoms with Crippen molar-refractivity contribution < 1.29 is 13.9 Å². The zero-order valence-corrected chi connectivity index (χ0v) is 13.1. The van der Waals surface area contributed by atoms with Crippen molar-refractivity contribution in [2.75, 3.05) is 6.26 Å². The molecule has 0 aliphatic carbocycles. The summed E-state index contributed by atoms with van der Waals surface area (Å²) < 4.78 is 27.7. The first kappa shape index (κ1) is 15.5. The average molecular weight is 359 g/mol. The number of aliphatic hydroxyl groups excluding tert-OH is 1. The molecule has 0 saturated carbocycles. The summed E-state index contributed by atoms with van der Waals surface area (Å²) in [7, 11) is 0. The molecule has 0 amide bonds. The highest BCUT2D eigenvalue weighted by molar-refractivity contribution is 9.10. The largest absolute Gasteiger partial charge is 0.388 e. The van der Waals surface area contributed by atoms with Gasteiger partial charge in [-0.25, -0.2) is 8.78 Å². The molecular weight excluding hydrogens is 346 g/mol. The molecule has 0 aliphatic heterocycles. The molecule has 0 heterocycles. The van der Waals surface area contributed by atoms with E-state index in [2.05, 4.69) is 15.9 Å². The quantitative estimate of drug-likeness (QED) is 0.629. The van der Waals surface area contributed by atoms with Crippen molar-refractivity contribution in [2.24, 2.45) is 0 Å². The molecule has 5 heteroatoms. The second-order valence-electron chi connectivity index (χ2n) is 4.31. The molecule has 1 N–H and O–H groups in total. The van der Waals surface area contributed by atoms with Crippen LogP contribution in [-0.2, 0) is 6.42 Å². The van der Waals surface area contributed by atoms with Gasteiger partial charge in [-0.15, -0.1) is 11.8 Å². The first-order valence-electron chi connectivity index (χ1n) is 5.97. The molecule has 0 bridgehead atoms. The molecule has 1 unspecified atom stereocenters. The lowest BCUT2D eigenvalue weighted by atomic mass is 10.0. The molecule has 0 fully saturated rings. The lowest BCUT2D eigenvalue weighted by molar-refractivity contribution is 0.175. The lowest BCUT2D eigenvalue weighted by Crippen LogP contribution is -2.06. The normalized spacial score (nSPS) is 12.4. The number of halogens is 3. The van der Waals surface area contributed by atoms with Crippen molar-refractivity contribution in [1.82, 2.24) is 0 Å². The molecule has 0 aromatic heterocycles. The number of rotatable bonds is 4. The maximum absolute atomic E-state index is 13.9. The minimum atomic E-state index is -0.941. The van der Waals surface area contributed by atoms with E-state index in [1.165, 1.54) is 12.1 Å². The summed E-state index contributed by atoms with van der Waals surface area (Å²) in [6.45, 7) is 0. The summed E-state index contributed by atoms with van der Waals surface area (Å²) in [4.78, 5) is 1.07. The van der Waals surface area contributed by atoms with Crippen molar-refractivity contribution >= 4 is 27.7 Å². The summed E-state index contributed by atoms with van der Waals surface area (Å²) in [5.41, 5.74) is 0.530. The van der Waals surface area contributed by atoms with Gasteiger partial charge in [-0.3, -0.25) is 0 Å². The lowest BCUT2D eigenvalue weighted by Gasteiger charge is -2.13. The van der Waals surface area contributed by atoms with Crippen molar-refractivity contribution in [2.45, 2.75) is 17.4 Å². The predicted molar refractivity (Wildman–Crippen MR) is 80.9 cm³/mol. The van der Waals surface area contributed by atoms with Crippen LogP contribution in [0.4, 0.5) is 8.78 Å². The molecule has 0 saturated heterocycles. The van der Waals surface area contributed by atoms with E-state index in [4.69, 9.17) is 0 Å². The first-order valence-corrected chi connectivity index (χ1v) is 7.99. The van der Waals surface area contributed by atoms with Crippen LogP contribution in [0.1, 0.15) is 17.2 Å². The fraction of sp³-hybridized carbons (Fsp3) is 0.200. The maximum Gasteiger partial charge on any atom is 0.143 e. The Hall–Kier alpha value is -0.910. The van der Waals surface area contributed by atoms with E-state index < -0.39 is 17.7 Å². The van der Waals surface area contributed by atoms with E-state index in [1.54, 1.807) is 23.9 Å². The molecule has 2 aromatic rings. The van der Waals surface area contributed by atoms with E-state index in [0.717, 1.165) is 4.90 Å². The third-order valence-electron chi connectivity index (χ3n) is 3.04. The molecular formula is C15H13BrF2OS. The van der Waals surface area contributed by atoms with Crippen LogP contribution in [-0.4, -0.2) is 11.4 Å². The Bertz CT molecular complexity index is 602. The van der Waals surface area contributed by atoms with E-state index in [-0.39, 0.29) is 16.5 Å². The Balaban J connectivity index is 2.23. The summed E-state index contributed by atoms with van der Waals surface area (Å²) in [6.07, 6.45) is 0.914. The van der Waals surface area contributed by atoms with Crippen LogP contribution in [0.15, 0.2) is 45.8 Å². The van der Waals surface area contributed by atoms with Gasteiger partial charge >= 0.3 is 0 Å². The molecule has 2 aromatic carbocycles. The van der Waals surface area contributed by atoms with Gasteiger partial charge < -0.3 is 5.11 Å². The summed E-state index contributed by atoms with van der Waals surface area (Å²) >= 11 is 4.61. The van der Waals surface area contributed by atoms with Crippen LogP contribution in [0.2, 0.25) is 0 Å². The van der Waals surface area contributed by atoms with Crippen LogP contribution in [0, 0.1) is 11.6 Å². The Kier molecular flexibility index (Phi) is 5.18. The number of benzene rings is 2. The smallest absolute Gasteiger partial charge is 0.143 e. The molecule has 0 aliphatic rings. The van der Waals surface area contributed by atoms with Gasteiger partial charge in [0, 0.05) is 16.9 Å². The summed E-state index contributed by atoms with van der Waals surface area (Å²) in [5, 5.41) is 10.1. The Morgan fingerprint density at radius 3 is 2.40 bits per heavy atom. The van der Waals surface area contributed by atoms with Gasteiger partial charge in [0.1, 0.15) is 11.6 Å². The third kappa shape index (κ3) is 3.40. The van der Waals surface area contributed by atoms with Gasteiger partial charge in [0.2, 0.25) is 0 Å². The van der Waals surface area contributed by atoms with Gasteiger partial charge in [-0.05, 0) is 52.0 Å². The van der Waals surface area contributed by atoms with Gasteiger partial charge in [0.25, 0.3) is 0 Å². The number of aliphatic hydroxyl groups is 1. The second-order valence-corrected chi connectivity index (χ2v) is 6.05. The SMILES string of the molecule is CSc1ccc(C(O)Cc2c(F)ccc(Br)c2F)cc1. The van der Waals surface area contributed by atoms with E-state index in [9.17, 15) is 13.9 Å². The van der Waals surface area contributed by atoms with Crippen molar-refractivity contribution in [3.63, 3.8) is 0 Å². The number of hydrogen-bond donors (Lipinski definition) is 1. The highest BCUT2D eigenvalue weighted by Gasteiger charge is 2.17. The van der Waals surface area contributed by atoms with Crippen LogP contribution >= 0.6 is 27.7 Å². The Morgan fingerprint density at radius 2 is 1.80 bits per heavy atom. The zero-order valence-electron chi connectivity index (χ0n) is 10.7. The number of hydrogen-bond acceptors (Lipinski definition) is 2. The standard InChI is InChI=1S/C15H13BrF2OS/c1-20-10-4-2-9(3-5-10)14(19)8-11-13(17)7-6-12(16)15(11)18/h2-7,14,19H,8H2,1H3. The molecule has 106 valence electrons. The third-order valence-corrected chi connectivity index (χ3v) is 4.39. The topological polar surface area (TPSA) is 20.2 Å². The van der Waals surface area contributed by atoms with Crippen LogP contribution in [0.5, 0.6) is 0 Å². The molecule has 0 radical (unpaired) electrons. The monoisotopic (exact) mass is 358 g/mol. The van der Waals surface area contributed by atoms with Crippen molar-refractivity contribution in [3.8, 4) is 0 Å². The van der Waals surface area contributed by atoms with Gasteiger partial charge in [0.15, 0.2) is 0 Å². The predicted octanol–water partition coefficient (Wildman–Crippen LogP) is 4.73. The first-order chi connectivity index (χ1) is 9.52. The summed E-state index contributed by atoms with van der Waals surface area (Å²) in [6, 6.07) is 9.78. The van der Waals surface area contributed by atoms with Gasteiger partial charge in [0.05, 0.1) is 10.6 Å². The van der Waals surface area contributed by atoms with Crippen LogP contribution in [0.25, 0.3) is 0 Å². The molecule has 1 atom stereocenters. The highest BCUT2D eigenvalue weighted by atomic mass is 79.9. The van der Waals surface area contributed by atoms with E-state index in [1.807, 2.05) is 18.4 Å². The summed E-state index contributed by atoms with van der Waals surface area (Å²) in [5.74, 6) is -1.31. The van der Waals surface area contributed by atoms with Gasteiger partial charge in [-0.2, -0.15) is 0 Å². The Morgan fingerprint density at radius 1 is 1.15 bits per heavy atom. The highest BCUT2D eigenvalue weighted by Crippen LogP contribution is 2.27.